The van der Waals surface area contributed by atoms with Crippen LogP contribution in [-0.4, -0.2) is 47.5 Å². The van der Waals surface area contributed by atoms with Crippen molar-refractivity contribution in [2.24, 2.45) is 5.92 Å². The molecule has 0 radical (unpaired) electrons. The number of hydrogen-bond donors (Lipinski definition) is 0. The van der Waals surface area contributed by atoms with Crippen LogP contribution in [0.5, 0.6) is 5.75 Å². The molecular formula is C26H34N4O2. The van der Waals surface area contributed by atoms with Crippen molar-refractivity contribution in [1.29, 1.82) is 0 Å². The lowest BCUT2D eigenvalue weighted by Crippen LogP contribution is -2.43. The average molecular weight is 435 g/mol. The Morgan fingerprint density at radius 3 is 2.56 bits per heavy atom. The molecule has 1 aromatic heterocycles. The van der Waals surface area contributed by atoms with Crippen LogP contribution in [0, 0.1) is 12.8 Å². The van der Waals surface area contributed by atoms with E-state index < -0.39 is 0 Å². The second-order valence-electron chi connectivity index (χ2n) is 9.53. The Morgan fingerprint density at radius 1 is 1.06 bits per heavy atom. The van der Waals surface area contributed by atoms with E-state index in [9.17, 15) is 4.79 Å². The van der Waals surface area contributed by atoms with Gasteiger partial charge >= 0.3 is 0 Å². The first kappa shape index (κ1) is 21.2. The van der Waals surface area contributed by atoms with Crippen LogP contribution >= 0.6 is 0 Å². The quantitative estimate of drug-likeness (QED) is 0.704. The zero-order valence-electron chi connectivity index (χ0n) is 19.3. The standard InChI is InChI=1S/C26H34N4O2/c1-18-22-10-6-14-30(17-21-7-3-4-11-23(21)32-2)25(22)28-24(27-18)19-12-15-29(16-13-19)26(31)20-8-5-9-20/h3-4,7,11,19-20H,5-6,8-10,12-17H2,1-2H3. The molecule has 5 rings (SSSR count). The summed E-state index contributed by atoms with van der Waals surface area (Å²) in [4.78, 5) is 27.2. The molecule has 1 aliphatic carbocycles. The Hall–Kier alpha value is -2.63. The molecule has 0 atom stereocenters. The molecule has 3 aliphatic rings. The largest absolute Gasteiger partial charge is 0.496 e. The van der Waals surface area contributed by atoms with Gasteiger partial charge in [-0.15, -0.1) is 0 Å². The van der Waals surface area contributed by atoms with Crippen molar-refractivity contribution < 1.29 is 9.53 Å². The van der Waals surface area contributed by atoms with Gasteiger partial charge in [0.15, 0.2) is 0 Å². The highest BCUT2D eigenvalue weighted by molar-refractivity contribution is 5.79. The number of anilines is 1. The van der Waals surface area contributed by atoms with Crippen LogP contribution in [-0.2, 0) is 17.8 Å². The summed E-state index contributed by atoms with van der Waals surface area (Å²) in [5.41, 5.74) is 3.58. The van der Waals surface area contributed by atoms with Crippen molar-refractivity contribution in [3.63, 3.8) is 0 Å². The van der Waals surface area contributed by atoms with Gasteiger partial charge in [-0.1, -0.05) is 24.6 Å². The van der Waals surface area contributed by atoms with Crippen LogP contribution in [0.3, 0.4) is 0 Å². The zero-order valence-corrected chi connectivity index (χ0v) is 19.3. The number of hydrogen-bond acceptors (Lipinski definition) is 5. The Morgan fingerprint density at radius 2 is 1.84 bits per heavy atom. The molecule has 1 amide bonds. The summed E-state index contributed by atoms with van der Waals surface area (Å²) in [6.45, 7) is 5.59. The van der Waals surface area contributed by atoms with E-state index in [-0.39, 0.29) is 5.92 Å². The predicted octanol–water partition coefficient (Wildman–Crippen LogP) is 4.25. The number of amides is 1. The second kappa shape index (κ2) is 9.08. The van der Waals surface area contributed by atoms with E-state index in [4.69, 9.17) is 14.7 Å². The monoisotopic (exact) mass is 434 g/mol. The number of methoxy groups -OCH3 is 1. The molecule has 2 aromatic rings. The van der Waals surface area contributed by atoms with Crippen molar-refractivity contribution in [3.05, 3.63) is 46.9 Å². The predicted molar refractivity (Wildman–Crippen MR) is 125 cm³/mol. The van der Waals surface area contributed by atoms with Gasteiger partial charge in [-0.05, 0) is 51.5 Å². The summed E-state index contributed by atoms with van der Waals surface area (Å²) in [6, 6.07) is 8.24. The molecule has 6 heteroatoms. The molecule has 3 heterocycles. The number of carbonyl (C=O) groups is 1. The number of para-hydroxylation sites is 1. The van der Waals surface area contributed by atoms with Crippen LogP contribution in [0.1, 0.15) is 67.1 Å². The summed E-state index contributed by atoms with van der Waals surface area (Å²) in [7, 11) is 1.73. The number of piperidine rings is 1. The maximum atomic E-state index is 12.6. The van der Waals surface area contributed by atoms with E-state index in [0.29, 0.717) is 11.8 Å². The fourth-order valence-corrected chi connectivity index (χ4v) is 5.36. The SMILES string of the molecule is COc1ccccc1CN1CCCc2c(C)nc(C3CCN(C(=O)C4CCC4)CC3)nc21. The zero-order chi connectivity index (χ0) is 22.1. The third-order valence-corrected chi connectivity index (χ3v) is 7.54. The topological polar surface area (TPSA) is 58.6 Å². The number of likely N-dealkylation sites (tertiary alicyclic amines) is 1. The van der Waals surface area contributed by atoms with Crippen LogP contribution < -0.4 is 9.64 Å². The molecule has 2 aliphatic heterocycles. The molecule has 170 valence electrons. The van der Waals surface area contributed by atoms with Crippen molar-refractivity contribution in [1.82, 2.24) is 14.9 Å². The third kappa shape index (κ3) is 4.07. The first-order valence-corrected chi connectivity index (χ1v) is 12.2. The van der Waals surface area contributed by atoms with Gasteiger partial charge in [0.05, 0.1) is 7.11 Å². The van der Waals surface area contributed by atoms with Gasteiger partial charge in [-0.3, -0.25) is 4.79 Å². The number of aromatic nitrogens is 2. The highest BCUT2D eigenvalue weighted by Gasteiger charge is 2.33. The minimum Gasteiger partial charge on any atom is -0.496 e. The summed E-state index contributed by atoms with van der Waals surface area (Å²) in [5.74, 6) is 3.98. The highest BCUT2D eigenvalue weighted by Crippen LogP contribution is 2.35. The number of ether oxygens (including phenoxy) is 1. The van der Waals surface area contributed by atoms with Crippen LogP contribution in [0.2, 0.25) is 0 Å². The molecule has 0 bridgehead atoms. The first-order valence-electron chi connectivity index (χ1n) is 12.2. The molecule has 0 unspecified atom stereocenters. The molecule has 6 nitrogen and oxygen atoms in total. The number of carbonyl (C=O) groups excluding carboxylic acids is 1. The molecular weight excluding hydrogens is 400 g/mol. The molecule has 2 fully saturated rings. The maximum Gasteiger partial charge on any atom is 0.225 e. The van der Waals surface area contributed by atoms with Gasteiger partial charge < -0.3 is 14.5 Å². The first-order chi connectivity index (χ1) is 15.6. The fourth-order valence-electron chi connectivity index (χ4n) is 5.36. The number of nitrogens with zero attached hydrogens (tertiary/aromatic N) is 4. The lowest BCUT2D eigenvalue weighted by molar-refractivity contribution is -0.139. The molecule has 0 spiro atoms. The van der Waals surface area contributed by atoms with Gasteiger partial charge in [0.1, 0.15) is 17.4 Å². The van der Waals surface area contributed by atoms with Crippen molar-refractivity contribution in [3.8, 4) is 5.75 Å². The Kier molecular flexibility index (Phi) is 6.03. The summed E-state index contributed by atoms with van der Waals surface area (Å²) in [5, 5.41) is 0. The molecule has 32 heavy (non-hydrogen) atoms. The van der Waals surface area contributed by atoms with Gasteiger partial charge in [-0.2, -0.15) is 0 Å². The summed E-state index contributed by atoms with van der Waals surface area (Å²) < 4.78 is 5.58. The van der Waals surface area contributed by atoms with Gasteiger partial charge in [0.25, 0.3) is 0 Å². The Bertz CT molecular complexity index is 980. The van der Waals surface area contributed by atoms with Crippen LogP contribution in [0.25, 0.3) is 0 Å². The van der Waals surface area contributed by atoms with E-state index in [1.807, 2.05) is 12.1 Å². The van der Waals surface area contributed by atoms with Crippen molar-refractivity contribution in [2.45, 2.75) is 64.3 Å². The lowest BCUT2D eigenvalue weighted by atomic mass is 9.83. The Labute approximate surface area is 191 Å². The Balaban J connectivity index is 1.34. The van der Waals surface area contributed by atoms with Crippen LogP contribution in [0.15, 0.2) is 24.3 Å². The third-order valence-electron chi connectivity index (χ3n) is 7.54. The van der Waals surface area contributed by atoms with Crippen molar-refractivity contribution in [2.75, 3.05) is 31.6 Å². The molecule has 0 N–H and O–H groups in total. The number of aryl methyl sites for hydroxylation is 1. The second-order valence-corrected chi connectivity index (χ2v) is 9.53. The normalized spacial score (nSPS) is 19.4. The minimum absolute atomic E-state index is 0.289. The van der Waals surface area contributed by atoms with E-state index in [1.54, 1.807) is 7.11 Å². The van der Waals surface area contributed by atoms with E-state index >= 15 is 0 Å². The van der Waals surface area contributed by atoms with Gasteiger partial charge in [0, 0.05) is 54.8 Å². The van der Waals surface area contributed by atoms with Crippen LogP contribution in [0.4, 0.5) is 5.82 Å². The lowest BCUT2D eigenvalue weighted by Gasteiger charge is -2.37. The summed E-state index contributed by atoms with van der Waals surface area (Å²) in [6.07, 6.45) is 7.44. The fraction of sp³-hybridized carbons (Fsp3) is 0.577. The smallest absolute Gasteiger partial charge is 0.225 e. The van der Waals surface area contributed by atoms with E-state index in [1.165, 1.54) is 17.5 Å². The minimum atomic E-state index is 0.289. The molecule has 1 saturated carbocycles. The van der Waals surface area contributed by atoms with Gasteiger partial charge in [0.2, 0.25) is 5.91 Å². The van der Waals surface area contributed by atoms with E-state index in [0.717, 1.165) is 87.8 Å². The highest BCUT2D eigenvalue weighted by atomic mass is 16.5. The summed E-state index contributed by atoms with van der Waals surface area (Å²) >= 11 is 0. The number of benzene rings is 1. The van der Waals surface area contributed by atoms with E-state index in [2.05, 4.69) is 28.9 Å². The average Bonchev–Trinajstić information content (AvgIpc) is 2.79. The maximum absolute atomic E-state index is 12.6. The molecule has 1 saturated heterocycles. The molecule has 1 aromatic carbocycles. The number of rotatable bonds is 5. The number of fused-ring (bicyclic) bond motifs is 1. The van der Waals surface area contributed by atoms with Gasteiger partial charge in [-0.25, -0.2) is 9.97 Å². The van der Waals surface area contributed by atoms with Crippen molar-refractivity contribution >= 4 is 11.7 Å².